The Balaban J connectivity index is 1.40. The predicted molar refractivity (Wildman–Crippen MR) is 118 cm³/mol. The Morgan fingerprint density at radius 2 is 1.83 bits per heavy atom. The van der Waals surface area contributed by atoms with Crippen molar-refractivity contribution in [3.05, 3.63) is 75.2 Å². The van der Waals surface area contributed by atoms with Crippen molar-refractivity contribution >= 4 is 17.2 Å². The van der Waals surface area contributed by atoms with Crippen LogP contribution >= 0.6 is 11.3 Å². The van der Waals surface area contributed by atoms with Crippen molar-refractivity contribution < 1.29 is 14.3 Å². The molecule has 1 heterocycles. The molecule has 1 aliphatic carbocycles. The van der Waals surface area contributed by atoms with Crippen molar-refractivity contribution in [3.63, 3.8) is 0 Å². The second kappa shape index (κ2) is 8.88. The average Bonchev–Trinajstić information content (AvgIpc) is 3.51. The van der Waals surface area contributed by atoms with Crippen molar-refractivity contribution in [2.75, 3.05) is 7.11 Å². The van der Waals surface area contributed by atoms with Crippen LogP contribution < -0.4 is 9.47 Å². The van der Waals surface area contributed by atoms with E-state index in [0.717, 1.165) is 35.0 Å². The van der Waals surface area contributed by atoms with E-state index in [-0.39, 0.29) is 5.91 Å². The van der Waals surface area contributed by atoms with Gasteiger partial charge in [-0.1, -0.05) is 6.07 Å². The van der Waals surface area contributed by atoms with Crippen LogP contribution in [0.4, 0.5) is 0 Å². The number of nitrogens with zero attached hydrogens (tertiary/aromatic N) is 2. The van der Waals surface area contributed by atoms with Gasteiger partial charge in [-0.2, -0.15) is 0 Å². The molecule has 0 N–H and O–H groups in total. The summed E-state index contributed by atoms with van der Waals surface area (Å²) < 4.78 is 11.1. The first-order chi connectivity index (χ1) is 14.5. The molecular weight excluding hydrogens is 396 g/mol. The number of hydrogen-bond donors (Lipinski definition) is 0. The summed E-state index contributed by atoms with van der Waals surface area (Å²) in [6.45, 7) is 5.12. The largest absolute Gasteiger partial charge is 0.497 e. The van der Waals surface area contributed by atoms with E-state index in [2.05, 4.69) is 19.9 Å². The number of hydrogen-bond acceptors (Lipinski definition) is 5. The van der Waals surface area contributed by atoms with Crippen molar-refractivity contribution in [1.29, 1.82) is 0 Å². The van der Waals surface area contributed by atoms with Gasteiger partial charge < -0.3 is 14.4 Å². The summed E-state index contributed by atoms with van der Waals surface area (Å²) in [5.74, 6) is 1.64. The van der Waals surface area contributed by atoms with Crippen LogP contribution in [-0.2, 0) is 13.2 Å². The van der Waals surface area contributed by atoms with E-state index in [1.165, 1.54) is 11.1 Å². The van der Waals surface area contributed by atoms with Gasteiger partial charge in [0.2, 0.25) is 0 Å². The Morgan fingerprint density at radius 1 is 1.10 bits per heavy atom. The molecule has 0 bridgehead atoms. The Hall–Kier alpha value is -2.86. The zero-order valence-electron chi connectivity index (χ0n) is 17.6. The van der Waals surface area contributed by atoms with Crippen molar-refractivity contribution in [2.24, 2.45) is 0 Å². The van der Waals surface area contributed by atoms with E-state index in [1.807, 2.05) is 46.7 Å². The maximum atomic E-state index is 13.0. The Kier molecular flexibility index (Phi) is 6.04. The fourth-order valence-electron chi connectivity index (χ4n) is 3.26. The lowest BCUT2D eigenvalue weighted by atomic mass is 10.1. The summed E-state index contributed by atoms with van der Waals surface area (Å²) in [5, 5.41) is 2.94. The van der Waals surface area contributed by atoms with E-state index in [0.29, 0.717) is 24.8 Å². The summed E-state index contributed by atoms with van der Waals surface area (Å²) in [7, 11) is 1.62. The lowest BCUT2D eigenvalue weighted by molar-refractivity contribution is 0.0728. The molecule has 0 unspecified atom stereocenters. The Labute approximate surface area is 181 Å². The van der Waals surface area contributed by atoms with Gasteiger partial charge in [0.05, 0.1) is 19.3 Å². The van der Waals surface area contributed by atoms with Crippen molar-refractivity contribution in [2.45, 2.75) is 45.9 Å². The molecule has 4 rings (SSSR count). The number of benzene rings is 2. The third-order valence-electron chi connectivity index (χ3n) is 5.36. The lowest BCUT2D eigenvalue weighted by Crippen LogP contribution is -2.32. The monoisotopic (exact) mass is 422 g/mol. The molecule has 30 heavy (non-hydrogen) atoms. The van der Waals surface area contributed by atoms with E-state index >= 15 is 0 Å². The highest BCUT2D eigenvalue weighted by atomic mass is 32.1. The summed E-state index contributed by atoms with van der Waals surface area (Å²) in [6, 6.07) is 13.7. The van der Waals surface area contributed by atoms with Crippen molar-refractivity contribution in [3.8, 4) is 11.5 Å². The van der Waals surface area contributed by atoms with Crippen LogP contribution in [-0.4, -0.2) is 28.9 Å². The third-order valence-corrected chi connectivity index (χ3v) is 6.23. The molecule has 1 aromatic heterocycles. The Bertz CT molecular complexity index is 1030. The van der Waals surface area contributed by atoms with Crippen LogP contribution in [0.5, 0.6) is 11.5 Å². The summed E-state index contributed by atoms with van der Waals surface area (Å²) in [4.78, 5) is 19.7. The molecule has 156 valence electrons. The molecule has 0 atom stereocenters. The van der Waals surface area contributed by atoms with Gasteiger partial charge in [0.15, 0.2) is 0 Å². The molecule has 0 radical (unpaired) electrons. The zero-order chi connectivity index (χ0) is 21.1. The fourth-order valence-corrected chi connectivity index (χ4v) is 3.96. The van der Waals surface area contributed by atoms with Gasteiger partial charge in [0.25, 0.3) is 5.91 Å². The maximum absolute atomic E-state index is 13.0. The summed E-state index contributed by atoms with van der Waals surface area (Å²) >= 11 is 1.57. The fraction of sp³-hybridized carbons (Fsp3) is 0.333. The van der Waals surface area contributed by atoms with E-state index < -0.39 is 0 Å². The SMILES string of the molecule is COc1ccc(C(=O)N(Cc2csc(COc3ccc(C)c(C)c3)n2)C2CC2)cc1. The van der Waals surface area contributed by atoms with E-state index in [1.54, 1.807) is 18.4 Å². The first-order valence-corrected chi connectivity index (χ1v) is 11.0. The average molecular weight is 423 g/mol. The van der Waals surface area contributed by atoms with Gasteiger partial charge in [-0.25, -0.2) is 4.98 Å². The second-order valence-electron chi connectivity index (χ2n) is 7.66. The Morgan fingerprint density at radius 3 is 2.50 bits per heavy atom. The molecule has 0 spiro atoms. The molecular formula is C24H26N2O3S. The summed E-state index contributed by atoms with van der Waals surface area (Å²) in [6.07, 6.45) is 2.10. The smallest absolute Gasteiger partial charge is 0.254 e. The number of amides is 1. The van der Waals surface area contributed by atoms with Gasteiger partial charge in [-0.05, 0) is 74.2 Å². The quantitative estimate of drug-likeness (QED) is 0.504. The highest BCUT2D eigenvalue weighted by molar-refractivity contribution is 7.09. The number of rotatable bonds is 8. The molecule has 1 aliphatic rings. The molecule has 1 amide bonds. The molecule has 2 aromatic carbocycles. The molecule has 1 saturated carbocycles. The first kappa shape index (κ1) is 20.4. The van der Waals surface area contributed by atoms with Gasteiger partial charge in [0, 0.05) is 17.0 Å². The van der Waals surface area contributed by atoms with Crippen LogP contribution in [0.15, 0.2) is 47.8 Å². The third kappa shape index (κ3) is 4.82. The van der Waals surface area contributed by atoms with E-state index in [4.69, 9.17) is 14.5 Å². The molecule has 5 nitrogen and oxygen atoms in total. The number of thiazole rings is 1. The maximum Gasteiger partial charge on any atom is 0.254 e. The lowest BCUT2D eigenvalue weighted by Gasteiger charge is -2.21. The van der Waals surface area contributed by atoms with Gasteiger partial charge in [0.1, 0.15) is 23.1 Å². The van der Waals surface area contributed by atoms with Crippen LogP contribution in [0.3, 0.4) is 0 Å². The highest BCUT2D eigenvalue weighted by Crippen LogP contribution is 2.30. The van der Waals surface area contributed by atoms with Gasteiger partial charge in [-0.3, -0.25) is 4.79 Å². The minimum Gasteiger partial charge on any atom is -0.497 e. The molecule has 6 heteroatoms. The number of methoxy groups -OCH3 is 1. The highest BCUT2D eigenvalue weighted by Gasteiger charge is 2.33. The van der Waals surface area contributed by atoms with Gasteiger partial charge in [-0.15, -0.1) is 11.3 Å². The second-order valence-corrected chi connectivity index (χ2v) is 8.60. The number of aryl methyl sites for hydroxylation is 2. The van der Waals surface area contributed by atoms with Crippen molar-refractivity contribution in [1.82, 2.24) is 9.88 Å². The zero-order valence-corrected chi connectivity index (χ0v) is 18.4. The topological polar surface area (TPSA) is 51.7 Å². The first-order valence-electron chi connectivity index (χ1n) is 10.1. The minimum atomic E-state index is 0.0427. The molecule has 3 aromatic rings. The standard InChI is InChI=1S/C24H26N2O3S/c1-16-4-9-22(12-17(16)2)29-14-23-25-19(15-30-23)13-26(20-7-8-20)24(27)18-5-10-21(28-3)11-6-18/h4-6,9-12,15,20H,7-8,13-14H2,1-3H3. The molecule has 0 aliphatic heterocycles. The number of carbonyl (C=O) groups is 1. The normalized spacial score (nSPS) is 13.2. The molecule has 1 fully saturated rings. The van der Waals surface area contributed by atoms with Crippen LogP contribution in [0, 0.1) is 13.8 Å². The van der Waals surface area contributed by atoms with Crippen LogP contribution in [0.2, 0.25) is 0 Å². The van der Waals surface area contributed by atoms with E-state index in [9.17, 15) is 4.79 Å². The van der Waals surface area contributed by atoms with Crippen LogP contribution in [0.1, 0.15) is 45.0 Å². The number of carbonyl (C=O) groups excluding carboxylic acids is 1. The van der Waals surface area contributed by atoms with Crippen LogP contribution in [0.25, 0.3) is 0 Å². The van der Waals surface area contributed by atoms with Gasteiger partial charge >= 0.3 is 0 Å². The number of aromatic nitrogens is 1. The predicted octanol–water partition coefficient (Wildman–Crippen LogP) is 5.15. The number of ether oxygens (including phenoxy) is 2. The summed E-state index contributed by atoms with van der Waals surface area (Å²) in [5.41, 5.74) is 4.05. The molecule has 0 saturated heterocycles. The minimum absolute atomic E-state index is 0.0427.